The van der Waals surface area contributed by atoms with E-state index in [1.54, 1.807) is 6.20 Å². The van der Waals surface area contributed by atoms with Crippen LogP contribution in [0.15, 0.2) is 24.7 Å². The molecule has 0 aromatic carbocycles. The number of carboxylic acids is 1. The molecule has 8 nitrogen and oxygen atoms in total. The summed E-state index contributed by atoms with van der Waals surface area (Å²) in [7, 11) is 0. The lowest BCUT2D eigenvalue weighted by molar-refractivity contribution is -0.142. The second-order valence-corrected chi connectivity index (χ2v) is 5.85. The number of aromatic nitrogens is 3. The summed E-state index contributed by atoms with van der Waals surface area (Å²) in [6.45, 7) is 3.17. The maximum absolute atomic E-state index is 11.1. The quantitative estimate of drug-likeness (QED) is 0.778. The lowest BCUT2D eigenvalue weighted by Crippen LogP contribution is -2.37. The smallest absolute Gasteiger partial charge is 0.306 e. The molecule has 24 heavy (non-hydrogen) atoms. The SMILES string of the molecule is Cc1cccnc1Nc1ncnc(N2CCC(C(=O)O)CC2)c1N. The number of aryl methyl sites for hydroxylation is 1. The Morgan fingerprint density at radius 1 is 1.29 bits per heavy atom. The van der Waals surface area contributed by atoms with Gasteiger partial charge in [0.2, 0.25) is 0 Å². The molecule has 8 heteroatoms. The predicted molar refractivity (Wildman–Crippen MR) is 91.3 cm³/mol. The molecule has 0 radical (unpaired) electrons. The van der Waals surface area contributed by atoms with Crippen LogP contribution in [0.4, 0.5) is 23.1 Å². The van der Waals surface area contributed by atoms with Crippen LogP contribution < -0.4 is 16.0 Å². The number of carboxylic acid groups (broad SMARTS) is 1. The molecular weight excluding hydrogens is 308 g/mol. The molecule has 3 rings (SSSR count). The Bertz CT molecular complexity index is 743. The highest BCUT2D eigenvalue weighted by atomic mass is 16.4. The van der Waals surface area contributed by atoms with Crippen LogP contribution in [-0.4, -0.2) is 39.1 Å². The van der Waals surface area contributed by atoms with Gasteiger partial charge in [0.05, 0.1) is 5.92 Å². The maximum atomic E-state index is 11.1. The van der Waals surface area contributed by atoms with Gasteiger partial charge in [-0.3, -0.25) is 4.79 Å². The van der Waals surface area contributed by atoms with E-state index in [9.17, 15) is 4.79 Å². The standard InChI is InChI=1S/C16H20N6O2/c1-10-3-2-6-18-13(10)21-14-12(17)15(20-9-19-14)22-7-4-11(5-8-22)16(23)24/h2-3,6,9,11H,4-5,7-8,17H2,1H3,(H,23,24)(H,18,19,20,21). The van der Waals surface area contributed by atoms with Gasteiger partial charge in [0.1, 0.15) is 17.8 Å². The Labute approximate surface area is 139 Å². The van der Waals surface area contributed by atoms with Crippen molar-refractivity contribution < 1.29 is 9.90 Å². The fourth-order valence-corrected chi connectivity index (χ4v) is 2.80. The number of pyridine rings is 1. The summed E-state index contributed by atoms with van der Waals surface area (Å²) < 4.78 is 0. The maximum Gasteiger partial charge on any atom is 0.306 e. The minimum Gasteiger partial charge on any atom is -0.481 e. The third-order valence-electron chi connectivity index (χ3n) is 4.25. The zero-order valence-corrected chi connectivity index (χ0v) is 13.4. The second kappa shape index (κ2) is 6.69. The van der Waals surface area contributed by atoms with E-state index in [-0.39, 0.29) is 5.92 Å². The summed E-state index contributed by atoms with van der Waals surface area (Å²) >= 11 is 0. The molecule has 0 atom stereocenters. The van der Waals surface area contributed by atoms with E-state index in [1.807, 2.05) is 24.0 Å². The number of piperidine rings is 1. The van der Waals surface area contributed by atoms with Crippen LogP contribution in [0.5, 0.6) is 0 Å². The average Bonchev–Trinajstić information content (AvgIpc) is 2.59. The summed E-state index contributed by atoms with van der Waals surface area (Å²) in [6.07, 6.45) is 4.32. The summed E-state index contributed by atoms with van der Waals surface area (Å²) in [4.78, 5) is 25.8. The highest BCUT2D eigenvalue weighted by Gasteiger charge is 2.26. The normalized spacial score (nSPS) is 15.3. The zero-order chi connectivity index (χ0) is 17.1. The number of nitrogens with two attached hydrogens (primary N) is 1. The molecule has 1 aliphatic rings. The van der Waals surface area contributed by atoms with E-state index in [4.69, 9.17) is 10.8 Å². The summed E-state index contributed by atoms with van der Waals surface area (Å²) in [6, 6.07) is 3.81. The molecule has 0 saturated carbocycles. The Kier molecular flexibility index (Phi) is 4.45. The number of hydrogen-bond acceptors (Lipinski definition) is 7. The van der Waals surface area contributed by atoms with Crippen molar-refractivity contribution in [3.8, 4) is 0 Å². The Balaban J connectivity index is 1.79. The van der Waals surface area contributed by atoms with Gasteiger partial charge in [-0.15, -0.1) is 0 Å². The fraction of sp³-hybridized carbons (Fsp3) is 0.375. The van der Waals surface area contributed by atoms with E-state index < -0.39 is 5.97 Å². The Morgan fingerprint density at radius 2 is 2.04 bits per heavy atom. The molecule has 0 amide bonds. The molecule has 0 spiro atoms. The van der Waals surface area contributed by atoms with Crippen LogP contribution >= 0.6 is 0 Å². The van der Waals surface area contributed by atoms with Gasteiger partial charge in [-0.05, 0) is 31.4 Å². The molecular formula is C16H20N6O2. The minimum atomic E-state index is -0.738. The van der Waals surface area contributed by atoms with Gasteiger partial charge in [0, 0.05) is 19.3 Å². The van der Waals surface area contributed by atoms with Crippen molar-refractivity contribution in [2.45, 2.75) is 19.8 Å². The molecule has 2 aromatic heterocycles. The third kappa shape index (κ3) is 3.22. The summed E-state index contributed by atoms with van der Waals surface area (Å²) in [5, 5.41) is 12.2. The van der Waals surface area contributed by atoms with Crippen LogP contribution in [-0.2, 0) is 4.79 Å². The van der Waals surface area contributed by atoms with E-state index in [1.165, 1.54) is 6.33 Å². The molecule has 1 aliphatic heterocycles. The third-order valence-corrected chi connectivity index (χ3v) is 4.25. The number of nitrogens with one attached hydrogen (secondary N) is 1. The van der Waals surface area contributed by atoms with Crippen molar-refractivity contribution >= 4 is 29.1 Å². The van der Waals surface area contributed by atoms with Crippen LogP contribution in [0.2, 0.25) is 0 Å². The second-order valence-electron chi connectivity index (χ2n) is 5.85. The number of carbonyl (C=O) groups is 1. The molecule has 0 aliphatic carbocycles. The van der Waals surface area contributed by atoms with Gasteiger partial charge in [0.25, 0.3) is 0 Å². The van der Waals surface area contributed by atoms with Crippen molar-refractivity contribution in [2.75, 3.05) is 29.0 Å². The predicted octanol–water partition coefficient (Wildman–Crippen LogP) is 1.81. The van der Waals surface area contributed by atoms with Crippen molar-refractivity contribution in [1.29, 1.82) is 0 Å². The number of rotatable bonds is 4. The van der Waals surface area contributed by atoms with Crippen LogP contribution in [0.3, 0.4) is 0 Å². The molecule has 1 fully saturated rings. The van der Waals surface area contributed by atoms with Crippen molar-refractivity contribution in [2.24, 2.45) is 5.92 Å². The largest absolute Gasteiger partial charge is 0.481 e. The topological polar surface area (TPSA) is 117 Å². The Morgan fingerprint density at radius 3 is 2.71 bits per heavy atom. The van der Waals surface area contributed by atoms with Gasteiger partial charge in [-0.25, -0.2) is 15.0 Å². The summed E-state index contributed by atoms with van der Waals surface area (Å²) in [5.41, 5.74) is 7.66. The van der Waals surface area contributed by atoms with E-state index in [0.717, 1.165) is 5.56 Å². The average molecular weight is 328 g/mol. The van der Waals surface area contributed by atoms with E-state index in [2.05, 4.69) is 20.3 Å². The van der Waals surface area contributed by atoms with Crippen LogP contribution in [0.1, 0.15) is 18.4 Å². The first-order valence-corrected chi connectivity index (χ1v) is 7.83. The molecule has 1 saturated heterocycles. The summed E-state index contributed by atoms with van der Waals surface area (Å²) in [5.74, 6) is 0.793. The van der Waals surface area contributed by atoms with Gasteiger partial charge < -0.3 is 21.1 Å². The molecule has 2 aromatic rings. The van der Waals surface area contributed by atoms with Gasteiger partial charge in [-0.2, -0.15) is 0 Å². The van der Waals surface area contributed by atoms with Crippen LogP contribution in [0, 0.1) is 12.8 Å². The molecule has 0 unspecified atom stereocenters. The molecule has 4 N–H and O–H groups in total. The van der Waals surface area contributed by atoms with E-state index >= 15 is 0 Å². The zero-order valence-electron chi connectivity index (χ0n) is 13.4. The van der Waals surface area contributed by atoms with Crippen LogP contribution in [0.25, 0.3) is 0 Å². The number of hydrogen-bond donors (Lipinski definition) is 3. The first kappa shape index (κ1) is 16.0. The van der Waals surface area contributed by atoms with Gasteiger partial charge >= 0.3 is 5.97 Å². The van der Waals surface area contributed by atoms with E-state index in [0.29, 0.717) is 49.1 Å². The number of nitrogen functional groups attached to an aromatic ring is 1. The van der Waals surface area contributed by atoms with Gasteiger partial charge in [0.15, 0.2) is 11.6 Å². The van der Waals surface area contributed by atoms with Crippen molar-refractivity contribution in [3.05, 3.63) is 30.2 Å². The number of anilines is 4. The number of aliphatic carboxylic acids is 1. The highest BCUT2D eigenvalue weighted by Crippen LogP contribution is 2.31. The fourth-order valence-electron chi connectivity index (χ4n) is 2.80. The lowest BCUT2D eigenvalue weighted by Gasteiger charge is -2.31. The molecule has 0 bridgehead atoms. The minimum absolute atomic E-state index is 0.293. The first-order chi connectivity index (χ1) is 11.6. The molecule has 3 heterocycles. The Hall–Kier alpha value is -2.90. The lowest BCUT2D eigenvalue weighted by atomic mass is 9.97. The first-order valence-electron chi connectivity index (χ1n) is 7.83. The van der Waals surface area contributed by atoms with Crippen molar-refractivity contribution in [3.63, 3.8) is 0 Å². The molecule has 126 valence electrons. The number of nitrogens with zero attached hydrogens (tertiary/aromatic N) is 4. The van der Waals surface area contributed by atoms with Gasteiger partial charge in [-0.1, -0.05) is 6.07 Å². The monoisotopic (exact) mass is 328 g/mol. The highest BCUT2D eigenvalue weighted by molar-refractivity contribution is 5.78. The van der Waals surface area contributed by atoms with Crippen molar-refractivity contribution in [1.82, 2.24) is 15.0 Å².